The second-order valence-electron chi connectivity index (χ2n) is 8.97. The third-order valence-electron chi connectivity index (χ3n) is 6.46. The molecular weight excluding hydrogens is 507 g/mol. The van der Waals surface area contributed by atoms with Crippen LogP contribution < -0.4 is 4.72 Å². The molecule has 194 valence electrons. The summed E-state index contributed by atoms with van der Waals surface area (Å²) in [5, 5.41) is 0.638. The predicted octanol–water partition coefficient (Wildman–Crippen LogP) is 3.70. The van der Waals surface area contributed by atoms with Crippen LogP contribution in [0, 0.1) is 5.82 Å². The van der Waals surface area contributed by atoms with Crippen molar-refractivity contribution in [2.45, 2.75) is 11.3 Å². The molecule has 1 fully saturated rings. The van der Waals surface area contributed by atoms with Gasteiger partial charge in [-0.2, -0.15) is 0 Å². The Bertz CT molecular complexity index is 1600. The van der Waals surface area contributed by atoms with E-state index < -0.39 is 15.8 Å². The molecule has 8 nitrogen and oxygen atoms in total. The van der Waals surface area contributed by atoms with E-state index in [1.165, 1.54) is 24.4 Å². The van der Waals surface area contributed by atoms with Gasteiger partial charge in [-0.05, 0) is 35.9 Å². The number of pyridine rings is 1. The van der Waals surface area contributed by atoms with Crippen LogP contribution in [0.1, 0.15) is 15.9 Å². The summed E-state index contributed by atoms with van der Waals surface area (Å²) in [5.74, 6) is -1.26. The Balaban J connectivity index is 1.24. The normalized spacial score (nSPS) is 13.9. The van der Waals surface area contributed by atoms with E-state index in [-0.39, 0.29) is 33.5 Å². The zero-order valence-electron chi connectivity index (χ0n) is 20.4. The number of amides is 2. The van der Waals surface area contributed by atoms with E-state index >= 15 is 0 Å². The summed E-state index contributed by atoms with van der Waals surface area (Å²) in [6.07, 6.45) is 1.79. The average molecular weight is 533 g/mol. The van der Waals surface area contributed by atoms with Gasteiger partial charge in [-0.25, -0.2) is 12.8 Å². The Morgan fingerprint density at radius 2 is 1.58 bits per heavy atom. The number of halogens is 1. The van der Waals surface area contributed by atoms with Crippen LogP contribution in [-0.2, 0) is 21.2 Å². The van der Waals surface area contributed by atoms with E-state index in [1.807, 2.05) is 30.3 Å². The quantitative estimate of drug-likeness (QED) is 0.408. The van der Waals surface area contributed by atoms with Gasteiger partial charge < -0.3 is 9.80 Å². The summed E-state index contributed by atoms with van der Waals surface area (Å²) >= 11 is 0. The number of sulfonamides is 1. The molecular formula is C28H25FN4O4S. The molecule has 2 heterocycles. The number of hydrogen-bond acceptors (Lipinski definition) is 5. The second-order valence-corrected chi connectivity index (χ2v) is 10.6. The molecule has 38 heavy (non-hydrogen) atoms. The number of anilines is 1. The third kappa shape index (κ3) is 5.35. The van der Waals surface area contributed by atoms with E-state index in [1.54, 1.807) is 34.1 Å². The highest BCUT2D eigenvalue weighted by molar-refractivity contribution is 7.93. The average Bonchev–Trinajstić information content (AvgIpc) is 2.94. The monoisotopic (exact) mass is 532 g/mol. The van der Waals surface area contributed by atoms with Gasteiger partial charge >= 0.3 is 0 Å². The molecule has 1 aromatic heterocycles. The molecule has 4 aromatic rings. The van der Waals surface area contributed by atoms with Gasteiger partial charge in [0.05, 0.1) is 17.6 Å². The van der Waals surface area contributed by atoms with Crippen molar-refractivity contribution in [3.63, 3.8) is 0 Å². The SMILES string of the molecule is O=C(Cc1ccccc1)N1CCN(C(=O)c2ccc(NS(=O)(=O)c3cccc4cccnc34)c(F)c2)CC1. The lowest BCUT2D eigenvalue weighted by Gasteiger charge is -2.35. The molecule has 10 heteroatoms. The molecule has 0 unspecified atom stereocenters. The molecule has 0 radical (unpaired) electrons. The van der Waals surface area contributed by atoms with Crippen molar-refractivity contribution in [1.82, 2.24) is 14.8 Å². The summed E-state index contributed by atoms with van der Waals surface area (Å²) in [7, 11) is -4.14. The third-order valence-corrected chi connectivity index (χ3v) is 7.86. The first kappa shape index (κ1) is 25.3. The largest absolute Gasteiger partial charge is 0.339 e. The van der Waals surface area contributed by atoms with Crippen LogP contribution in [0.2, 0.25) is 0 Å². The standard InChI is InChI=1S/C28H25FN4O4S/c29-23-19-22(28(35)33-16-14-32(15-17-33)26(34)18-20-6-2-1-3-7-20)11-12-24(23)31-38(36,37)25-10-4-8-21-9-5-13-30-27(21)25/h1-13,19,31H,14-18H2. The summed E-state index contributed by atoms with van der Waals surface area (Å²) in [6, 6.07) is 21.3. The molecule has 1 saturated heterocycles. The first-order valence-corrected chi connectivity index (χ1v) is 13.6. The summed E-state index contributed by atoms with van der Waals surface area (Å²) in [4.78, 5) is 32.9. The lowest BCUT2D eigenvalue weighted by Crippen LogP contribution is -2.51. The number of aromatic nitrogens is 1. The first-order chi connectivity index (χ1) is 18.3. The van der Waals surface area contributed by atoms with Crippen molar-refractivity contribution in [1.29, 1.82) is 0 Å². The fourth-order valence-electron chi connectivity index (χ4n) is 4.45. The van der Waals surface area contributed by atoms with E-state index in [2.05, 4.69) is 9.71 Å². The van der Waals surface area contributed by atoms with Crippen molar-refractivity contribution in [3.05, 3.63) is 102 Å². The van der Waals surface area contributed by atoms with Crippen molar-refractivity contribution in [3.8, 4) is 0 Å². The molecule has 2 amide bonds. The lowest BCUT2D eigenvalue weighted by atomic mass is 10.1. The Morgan fingerprint density at radius 1 is 0.868 bits per heavy atom. The fourth-order valence-corrected chi connectivity index (χ4v) is 5.70. The number of fused-ring (bicyclic) bond motifs is 1. The number of piperazine rings is 1. The van der Waals surface area contributed by atoms with Crippen LogP contribution in [-0.4, -0.2) is 61.2 Å². The smallest absolute Gasteiger partial charge is 0.264 e. The van der Waals surface area contributed by atoms with E-state index in [9.17, 15) is 22.4 Å². The molecule has 0 spiro atoms. The maximum Gasteiger partial charge on any atom is 0.264 e. The van der Waals surface area contributed by atoms with Gasteiger partial charge in [0.25, 0.3) is 15.9 Å². The first-order valence-electron chi connectivity index (χ1n) is 12.1. The number of carbonyl (C=O) groups excluding carboxylic acids is 2. The molecule has 5 rings (SSSR count). The minimum Gasteiger partial charge on any atom is -0.339 e. The van der Waals surface area contributed by atoms with Gasteiger partial charge in [0, 0.05) is 43.3 Å². The molecule has 1 N–H and O–H groups in total. The van der Waals surface area contributed by atoms with Gasteiger partial charge in [0.15, 0.2) is 0 Å². The number of para-hydroxylation sites is 1. The topological polar surface area (TPSA) is 99.7 Å². The molecule has 0 bridgehead atoms. The number of nitrogens with zero attached hydrogens (tertiary/aromatic N) is 3. The highest BCUT2D eigenvalue weighted by atomic mass is 32.2. The van der Waals surface area contributed by atoms with E-state index in [0.29, 0.717) is 38.0 Å². The Morgan fingerprint density at radius 3 is 2.32 bits per heavy atom. The van der Waals surface area contributed by atoms with Gasteiger partial charge in [-0.3, -0.25) is 19.3 Å². The number of benzene rings is 3. The fraction of sp³-hybridized carbons (Fsp3) is 0.179. The Labute approximate surface area is 219 Å². The van der Waals surface area contributed by atoms with Crippen molar-refractivity contribution in [2.24, 2.45) is 0 Å². The summed E-state index contributed by atoms with van der Waals surface area (Å²) in [6.45, 7) is 1.42. The van der Waals surface area contributed by atoms with E-state index in [0.717, 1.165) is 11.6 Å². The zero-order valence-corrected chi connectivity index (χ0v) is 21.2. The highest BCUT2D eigenvalue weighted by Crippen LogP contribution is 2.25. The molecule has 0 atom stereocenters. The maximum absolute atomic E-state index is 14.9. The molecule has 0 aliphatic carbocycles. The van der Waals surface area contributed by atoms with Gasteiger partial charge in [-0.1, -0.05) is 48.5 Å². The number of hydrogen-bond donors (Lipinski definition) is 1. The molecule has 1 aliphatic rings. The van der Waals surface area contributed by atoms with Crippen LogP contribution in [0.4, 0.5) is 10.1 Å². The zero-order chi connectivity index (χ0) is 26.7. The minimum atomic E-state index is -4.14. The Hall–Kier alpha value is -4.31. The van der Waals surface area contributed by atoms with Gasteiger partial charge in [0.1, 0.15) is 10.7 Å². The maximum atomic E-state index is 14.9. The second kappa shape index (κ2) is 10.6. The Kier molecular flexibility index (Phi) is 7.06. The van der Waals surface area contributed by atoms with Crippen molar-refractivity contribution < 1.29 is 22.4 Å². The van der Waals surface area contributed by atoms with Crippen LogP contribution in [0.15, 0.2) is 90.0 Å². The van der Waals surface area contributed by atoms with Gasteiger partial charge in [-0.15, -0.1) is 0 Å². The molecule has 1 aliphatic heterocycles. The molecule has 3 aromatic carbocycles. The van der Waals surface area contributed by atoms with Crippen LogP contribution in [0.25, 0.3) is 10.9 Å². The van der Waals surface area contributed by atoms with Crippen LogP contribution >= 0.6 is 0 Å². The highest BCUT2D eigenvalue weighted by Gasteiger charge is 2.26. The number of nitrogens with one attached hydrogen (secondary N) is 1. The van der Waals surface area contributed by atoms with E-state index in [4.69, 9.17) is 0 Å². The molecule has 0 saturated carbocycles. The minimum absolute atomic E-state index is 0.00706. The van der Waals surface area contributed by atoms with Crippen LogP contribution in [0.3, 0.4) is 0 Å². The van der Waals surface area contributed by atoms with Crippen molar-refractivity contribution in [2.75, 3.05) is 30.9 Å². The van der Waals surface area contributed by atoms with Gasteiger partial charge in [0.2, 0.25) is 5.91 Å². The summed E-state index contributed by atoms with van der Waals surface area (Å²) in [5.41, 5.74) is 1.03. The lowest BCUT2D eigenvalue weighted by molar-refractivity contribution is -0.131. The summed E-state index contributed by atoms with van der Waals surface area (Å²) < 4.78 is 43.2. The number of carbonyl (C=O) groups is 2. The number of rotatable bonds is 6. The van der Waals surface area contributed by atoms with Crippen LogP contribution in [0.5, 0.6) is 0 Å². The van der Waals surface area contributed by atoms with Crippen molar-refractivity contribution >= 4 is 38.4 Å². The predicted molar refractivity (Wildman–Crippen MR) is 142 cm³/mol.